The Kier molecular flexibility index (Phi) is 10.5. The van der Waals surface area contributed by atoms with Crippen LogP contribution in [0.5, 0.6) is 0 Å². The molecule has 2 rings (SSSR count). The molecular weight excluding hydrogens is 550 g/mol. The molecule has 0 unspecified atom stereocenters. The van der Waals surface area contributed by atoms with E-state index in [1.165, 1.54) is 24.3 Å². The third-order valence-electron chi connectivity index (χ3n) is 3.24. The number of halogens is 6. The van der Waals surface area contributed by atoms with Gasteiger partial charge in [-0.3, -0.25) is 4.79 Å². The summed E-state index contributed by atoms with van der Waals surface area (Å²) in [4.78, 5) is 25.6. The highest BCUT2D eigenvalue weighted by Gasteiger charge is 2.21. The average Bonchev–Trinajstić information content (AvgIpc) is 2.64. The fraction of sp³-hybridized carbons (Fsp3) is 0.286. The summed E-state index contributed by atoms with van der Waals surface area (Å²) in [5.74, 6) is -1.14. The summed E-state index contributed by atoms with van der Waals surface area (Å²) in [5, 5.41) is 0. The molecule has 0 aromatic heterocycles. The number of hydrogen-bond acceptors (Lipinski definition) is 3. The van der Waals surface area contributed by atoms with E-state index in [0.717, 1.165) is 0 Å². The zero-order valence-electron chi connectivity index (χ0n) is 16.7. The third-order valence-corrected chi connectivity index (χ3v) is 4.23. The van der Waals surface area contributed by atoms with Gasteiger partial charge in [-0.05, 0) is 45.0 Å². The lowest BCUT2D eigenvalue weighted by Gasteiger charge is -2.17. The first-order chi connectivity index (χ1) is 14.3. The second-order valence-corrected chi connectivity index (χ2v) is 8.80. The Morgan fingerprint density at radius 3 is 1.77 bits per heavy atom. The topological polar surface area (TPSA) is 55.7 Å². The van der Waals surface area contributed by atoms with E-state index in [-0.39, 0.29) is 11.1 Å². The van der Waals surface area contributed by atoms with E-state index in [9.17, 15) is 27.2 Å². The summed E-state index contributed by atoms with van der Waals surface area (Å²) in [7, 11) is 0. The molecule has 2 aromatic carbocycles. The number of carbonyl (C=O) groups is 2. The molecule has 0 aliphatic heterocycles. The van der Waals surface area contributed by atoms with E-state index < -0.39 is 36.0 Å². The van der Waals surface area contributed by atoms with E-state index in [2.05, 4.69) is 36.9 Å². The van der Waals surface area contributed by atoms with Crippen molar-refractivity contribution in [1.82, 2.24) is 0 Å². The fourth-order valence-electron chi connectivity index (χ4n) is 2.04. The van der Waals surface area contributed by atoms with Crippen LogP contribution in [0.25, 0.3) is 0 Å². The van der Waals surface area contributed by atoms with Crippen LogP contribution < -0.4 is 0 Å². The smallest absolute Gasteiger partial charge is 0.434 e. The lowest BCUT2D eigenvalue weighted by molar-refractivity contribution is 0.0600. The molecule has 0 spiro atoms. The maximum absolute atomic E-state index is 13.0. The van der Waals surface area contributed by atoms with Crippen molar-refractivity contribution >= 4 is 49.4 Å². The standard InChI is InChI=1S/C13H14BrF2NO2.C8H5BrF2O/c1-13(2,3)19-12(18)17-10(11(15)16)8-5-4-6-9(14)7-8;9-6-3-1-2-5(4-6)7(12)8(10)11/h4-7,11H,1-3H3;1-4,8H. The van der Waals surface area contributed by atoms with E-state index in [1.54, 1.807) is 45.0 Å². The molecule has 168 valence electrons. The Bertz CT molecular complexity index is 944. The van der Waals surface area contributed by atoms with Crippen molar-refractivity contribution < 1.29 is 31.9 Å². The van der Waals surface area contributed by atoms with Crippen LogP contribution in [-0.2, 0) is 4.74 Å². The van der Waals surface area contributed by atoms with Crippen LogP contribution in [0.3, 0.4) is 0 Å². The van der Waals surface area contributed by atoms with Gasteiger partial charge in [0.05, 0.1) is 0 Å². The maximum atomic E-state index is 13.0. The lowest BCUT2D eigenvalue weighted by Crippen LogP contribution is -2.24. The summed E-state index contributed by atoms with van der Waals surface area (Å²) in [6.07, 6.45) is -6.82. The average molecular weight is 569 g/mol. The molecule has 0 aliphatic carbocycles. The SMILES string of the molecule is CC(C)(C)OC(=O)N=C(c1cccc(Br)c1)C(F)F.O=C(c1cccc(Br)c1)C(F)F. The van der Waals surface area contributed by atoms with E-state index in [0.29, 0.717) is 8.95 Å². The van der Waals surface area contributed by atoms with Crippen molar-refractivity contribution in [2.75, 3.05) is 0 Å². The molecule has 0 saturated carbocycles. The van der Waals surface area contributed by atoms with Gasteiger partial charge in [0.2, 0.25) is 5.78 Å². The first-order valence-electron chi connectivity index (χ1n) is 8.73. The Morgan fingerprint density at radius 2 is 1.35 bits per heavy atom. The minimum absolute atomic E-state index is 0.0272. The Hall–Kier alpha value is -2.07. The second kappa shape index (κ2) is 12.1. The number of alkyl halides is 4. The van der Waals surface area contributed by atoms with Crippen molar-refractivity contribution in [2.24, 2.45) is 4.99 Å². The predicted octanol–water partition coefficient (Wildman–Crippen LogP) is 7.34. The van der Waals surface area contributed by atoms with Crippen LogP contribution in [0.1, 0.15) is 36.7 Å². The molecule has 0 heterocycles. The fourth-order valence-corrected chi connectivity index (χ4v) is 2.84. The Balaban J connectivity index is 0.000000343. The van der Waals surface area contributed by atoms with Crippen molar-refractivity contribution in [2.45, 2.75) is 39.2 Å². The first-order valence-corrected chi connectivity index (χ1v) is 10.3. The summed E-state index contributed by atoms with van der Waals surface area (Å²) < 4.78 is 55.8. The van der Waals surface area contributed by atoms with Crippen LogP contribution in [0.4, 0.5) is 22.4 Å². The number of aliphatic imine (C=N–C) groups is 1. The van der Waals surface area contributed by atoms with Crippen LogP contribution in [0.15, 0.2) is 62.5 Å². The van der Waals surface area contributed by atoms with Gasteiger partial charge in [0, 0.05) is 20.1 Å². The number of ketones is 1. The number of rotatable bonds is 4. The highest BCUT2D eigenvalue weighted by Crippen LogP contribution is 2.17. The zero-order valence-corrected chi connectivity index (χ0v) is 19.9. The molecular formula is C21H19Br2F4NO3. The van der Waals surface area contributed by atoms with Gasteiger partial charge in [0.15, 0.2) is 0 Å². The molecule has 10 heteroatoms. The number of ether oxygens (including phenoxy) is 1. The van der Waals surface area contributed by atoms with Crippen molar-refractivity contribution in [3.63, 3.8) is 0 Å². The van der Waals surface area contributed by atoms with Gasteiger partial charge in [-0.15, -0.1) is 0 Å². The summed E-state index contributed by atoms with van der Waals surface area (Å²) in [5.41, 5.74) is -1.17. The van der Waals surface area contributed by atoms with Crippen molar-refractivity contribution in [3.05, 3.63) is 68.6 Å². The molecule has 0 N–H and O–H groups in total. The number of Topliss-reactive ketones (excluding diaryl/α,β-unsaturated/α-hetero) is 1. The van der Waals surface area contributed by atoms with Crippen LogP contribution in [0, 0.1) is 0 Å². The first kappa shape index (κ1) is 27.0. The monoisotopic (exact) mass is 567 g/mol. The number of carbonyl (C=O) groups excluding carboxylic acids is 2. The zero-order chi connectivity index (χ0) is 23.8. The summed E-state index contributed by atoms with van der Waals surface area (Å²) in [6, 6.07) is 12.2. The third kappa shape index (κ3) is 10.2. The van der Waals surface area contributed by atoms with Gasteiger partial charge >= 0.3 is 12.5 Å². The van der Waals surface area contributed by atoms with Crippen LogP contribution >= 0.6 is 31.9 Å². The predicted molar refractivity (Wildman–Crippen MR) is 117 cm³/mol. The van der Waals surface area contributed by atoms with Crippen molar-refractivity contribution in [3.8, 4) is 0 Å². The normalized spacial score (nSPS) is 11.8. The molecule has 0 fully saturated rings. The molecule has 0 bridgehead atoms. The number of nitrogens with zero attached hydrogens (tertiary/aromatic N) is 1. The van der Waals surface area contributed by atoms with Crippen LogP contribution in [0.2, 0.25) is 0 Å². The van der Waals surface area contributed by atoms with Gasteiger partial charge in [-0.1, -0.05) is 56.1 Å². The molecule has 2 aromatic rings. The maximum Gasteiger partial charge on any atom is 0.434 e. The number of benzene rings is 2. The molecule has 0 radical (unpaired) electrons. The van der Waals surface area contributed by atoms with Crippen LogP contribution in [-0.4, -0.2) is 36.0 Å². The summed E-state index contributed by atoms with van der Waals surface area (Å²) >= 11 is 6.26. The van der Waals surface area contributed by atoms with Gasteiger partial charge in [0.1, 0.15) is 11.3 Å². The quantitative estimate of drug-likeness (QED) is 0.220. The number of amides is 1. The Labute approximate surface area is 194 Å². The van der Waals surface area contributed by atoms with Gasteiger partial charge in [-0.2, -0.15) is 4.99 Å². The van der Waals surface area contributed by atoms with E-state index in [1.807, 2.05) is 0 Å². The van der Waals surface area contributed by atoms with E-state index >= 15 is 0 Å². The molecule has 4 nitrogen and oxygen atoms in total. The molecule has 0 atom stereocenters. The molecule has 0 saturated heterocycles. The Morgan fingerprint density at radius 1 is 0.871 bits per heavy atom. The highest BCUT2D eigenvalue weighted by atomic mass is 79.9. The van der Waals surface area contributed by atoms with Gasteiger partial charge in [-0.25, -0.2) is 22.4 Å². The lowest BCUT2D eigenvalue weighted by atomic mass is 10.1. The van der Waals surface area contributed by atoms with Gasteiger partial charge in [0.25, 0.3) is 6.43 Å². The van der Waals surface area contributed by atoms with E-state index in [4.69, 9.17) is 4.74 Å². The largest absolute Gasteiger partial charge is 0.442 e. The van der Waals surface area contributed by atoms with Gasteiger partial charge < -0.3 is 4.74 Å². The summed E-state index contributed by atoms with van der Waals surface area (Å²) in [6.45, 7) is 4.92. The molecule has 0 aliphatic rings. The molecule has 1 amide bonds. The highest BCUT2D eigenvalue weighted by molar-refractivity contribution is 9.10. The second-order valence-electron chi connectivity index (χ2n) is 6.96. The number of hydrogen-bond donors (Lipinski definition) is 0. The minimum atomic E-state index is -2.93. The minimum Gasteiger partial charge on any atom is -0.442 e. The molecule has 31 heavy (non-hydrogen) atoms. The van der Waals surface area contributed by atoms with Crippen molar-refractivity contribution in [1.29, 1.82) is 0 Å².